The molecule has 180 valence electrons. The van der Waals surface area contributed by atoms with Gasteiger partial charge < -0.3 is 4.57 Å². The highest BCUT2D eigenvalue weighted by Crippen LogP contribution is 2.27. The van der Waals surface area contributed by atoms with Gasteiger partial charge in [-0.25, -0.2) is 0 Å². The number of hydrogen-bond donors (Lipinski definition) is 1. The van der Waals surface area contributed by atoms with Crippen molar-refractivity contribution in [2.75, 3.05) is 4.90 Å². The molecule has 3 aromatic rings. The van der Waals surface area contributed by atoms with E-state index in [1.54, 1.807) is 6.08 Å². The zero-order chi connectivity index (χ0) is 25.3. The number of thiocarbonyl (C=S) groups is 1. The van der Waals surface area contributed by atoms with Crippen molar-refractivity contribution in [1.29, 1.82) is 0 Å². The van der Waals surface area contributed by atoms with Crippen molar-refractivity contribution in [2.45, 2.75) is 53.9 Å². The fraction of sp³-hybridized carbons (Fsp3) is 0.276. The SMILES string of the molecule is CCCCc1ccc(-n2c(C)cc(/C=C3\C(=O)NC(=S)N(c4cc(C)cc(C)c4)C3=O)c2C)cc1. The predicted octanol–water partition coefficient (Wildman–Crippen LogP) is 5.88. The van der Waals surface area contributed by atoms with Crippen molar-refractivity contribution >= 4 is 40.9 Å². The number of hydrogen-bond acceptors (Lipinski definition) is 3. The Balaban J connectivity index is 1.70. The molecular weight excluding hydrogens is 454 g/mol. The van der Waals surface area contributed by atoms with Crippen LogP contribution in [0.1, 0.15) is 53.4 Å². The third kappa shape index (κ3) is 4.98. The van der Waals surface area contributed by atoms with Gasteiger partial charge in [-0.15, -0.1) is 0 Å². The molecule has 1 aromatic heterocycles. The first kappa shape index (κ1) is 24.6. The van der Waals surface area contributed by atoms with E-state index < -0.39 is 11.8 Å². The van der Waals surface area contributed by atoms with Gasteiger partial charge in [0.25, 0.3) is 11.8 Å². The van der Waals surface area contributed by atoms with Crippen LogP contribution in [0.2, 0.25) is 0 Å². The molecule has 35 heavy (non-hydrogen) atoms. The molecule has 1 aliphatic rings. The highest BCUT2D eigenvalue weighted by molar-refractivity contribution is 7.80. The number of aryl methyl sites for hydroxylation is 4. The first-order valence-corrected chi connectivity index (χ1v) is 12.4. The van der Waals surface area contributed by atoms with Crippen LogP contribution in [0.3, 0.4) is 0 Å². The maximum absolute atomic E-state index is 13.5. The van der Waals surface area contributed by atoms with E-state index in [1.165, 1.54) is 23.3 Å². The number of benzene rings is 2. The summed E-state index contributed by atoms with van der Waals surface area (Å²) in [5.41, 5.74) is 7.94. The van der Waals surface area contributed by atoms with Gasteiger partial charge in [0.15, 0.2) is 5.11 Å². The summed E-state index contributed by atoms with van der Waals surface area (Å²) in [5.74, 6) is -0.903. The number of unbranched alkanes of at least 4 members (excludes halogenated alkanes) is 1. The Kier molecular flexibility index (Phi) is 7.03. The molecule has 0 aliphatic carbocycles. The van der Waals surface area contributed by atoms with Crippen LogP contribution in [0, 0.1) is 27.7 Å². The molecule has 2 amide bonds. The molecule has 0 radical (unpaired) electrons. The lowest BCUT2D eigenvalue weighted by molar-refractivity contribution is -0.122. The van der Waals surface area contributed by atoms with E-state index in [0.29, 0.717) is 5.69 Å². The first-order chi connectivity index (χ1) is 16.7. The van der Waals surface area contributed by atoms with E-state index in [1.807, 2.05) is 52.0 Å². The molecule has 0 bridgehead atoms. The molecular formula is C29H31N3O2S. The molecule has 5 nitrogen and oxygen atoms in total. The fourth-order valence-corrected chi connectivity index (χ4v) is 4.93. The molecule has 2 aromatic carbocycles. The number of rotatable bonds is 6. The number of amides is 2. The quantitative estimate of drug-likeness (QED) is 0.269. The van der Waals surface area contributed by atoms with Gasteiger partial charge in [-0.1, -0.05) is 31.5 Å². The van der Waals surface area contributed by atoms with E-state index >= 15 is 0 Å². The lowest BCUT2D eigenvalue weighted by Gasteiger charge is -2.29. The van der Waals surface area contributed by atoms with Crippen LogP contribution < -0.4 is 10.2 Å². The number of carbonyl (C=O) groups excluding carboxylic acids is 2. The Morgan fingerprint density at radius 3 is 2.20 bits per heavy atom. The summed E-state index contributed by atoms with van der Waals surface area (Å²) in [7, 11) is 0. The number of aromatic nitrogens is 1. The molecule has 0 atom stereocenters. The van der Waals surface area contributed by atoms with Gasteiger partial charge in [0.05, 0.1) is 5.69 Å². The standard InChI is InChI=1S/C29H31N3O2S/c1-6-7-8-22-9-11-24(12-10-22)31-20(4)16-23(21(31)5)17-26-27(33)30-29(35)32(28(26)34)25-14-18(2)13-19(3)15-25/h9-17H,6-8H2,1-5H3,(H,30,33,35)/b26-17+. The monoisotopic (exact) mass is 485 g/mol. The van der Waals surface area contributed by atoms with Gasteiger partial charge in [0.1, 0.15) is 5.57 Å². The van der Waals surface area contributed by atoms with Gasteiger partial charge in [-0.2, -0.15) is 0 Å². The van der Waals surface area contributed by atoms with E-state index in [-0.39, 0.29) is 10.7 Å². The van der Waals surface area contributed by atoms with Crippen LogP contribution in [0.4, 0.5) is 5.69 Å². The number of carbonyl (C=O) groups is 2. The molecule has 1 aliphatic heterocycles. The zero-order valence-corrected chi connectivity index (χ0v) is 21.8. The molecule has 1 saturated heterocycles. The molecule has 6 heteroatoms. The lowest BCUT2D eigenvalue weighted by Crippen LogP contribution is -2.54. The average molecular weight is 486 g/mol. The van der Waals surface area contributed by atoms with Crippen LogP contribution in [0.25, 0.3) is 11.8 Å². The zero-order valence-electron chi connectivity index (χ0n) is 20.9. The molecule has 2 heterocycles. The van der Waals surface area contributed by atoms with Crippen LogP contribution >= 0.6 is 12.2 Å². The summed E-state index contributed by atoms with van der Waals surface area (Å²) in [6, 6.07) is 16.4. The minimum absolute atomic E-state index is 0.0629. The van der Waals surface area contributed by atoms with E-state index in [0.717, 1.165) is 40.2 Å². The van der Waals surface area contributed by atoms with Gasteiger partial charge in [0, 0.05) is 17.1 Å². The highest BCUT2D eigenvalue weighted by Gasteiger charge is 2.35. The molecule has 0 unspecified atom stereocenters. The van der Waals surface area contributed by atoms with Crippen LogP contribution in [0.15, 0.2) is 54.1 Å². The van der Waals surface area contributed by atoms with Crippen molar-refractivity contribution in [3.8, 4) is 5.69 Å². The van der Waals surface area contributed by atoms with Gasteiger partial charge in [0.2, 0.25) is 0 Å². The van der Waals surface area contributed by atoms with Gasteiger partial charge >= 0.3 is 0 Å². The Morgan fingerprint density at radius 1 is 0.914 bits per heavy atom. The number of anilines is 1. The molecule has 0 spiro atoms. The number of nitrogens with zero attached hydrogens (tertiary/aromatic N) is 2. The maximum atomic E-state index is 13.5. The fourth-order valence-electron chi connectivity index (χ4n) is 4.65. The third-order valence-corrected chi connectivity index (χ3v) is 6.63. The molecule has 1 fully saturated rings. The van der Waals surface area contributed by atoms with Crippen molar-refractivity contribution in [3.05, 3.63) is 87.7 Å². The van der Waals surface area contributed by atoms with Crippen molar-refractivity contribution in [3.63, 3.8) is 0 Å². The second kappa shape index (κ2) is 10.0. The highest BCUT2D eigenvalue weighted by atomic mass is 32.1. The van der Waals surface area contributed by atoms with Crippen molar-refractivity contribution in [2.24, 2.45) is 0 Å². The second-order valence-electron chi connectivity index (χ2n) is 9.24. The summed E-state index contributed by atoms with van der Waals surface area (Å²) < 4.78 is 2.15. The Hall–Kier alpha value is -3.51. The first-order valence-electron chi connectivity index (χ1n) is 12.0. The number of nitrogens with one attached hydrogen (secondary N) is 1. The lowest BCUT2D eigenvalue weighted by atomic mass is 10.1. The van der Waals surface area contributed by atoms with Crippen molar-refractivity contribution < 1.29 is 9.59 Å². The van der Waals surface area contributed by atoms with E-state index in [9.17, 15) is 9.59 Å². The largest absolute Gasteiger partial charge is 0.318 e. The molecule has 4 rings (SSSR count). The minimum atomic E-state index is -0.481. The van der Waals surface area contributed by atoms with E-state index in [2.05, 4.69) is 41.1 Å². The van der Waals surface area contributed by atoms with Crippen LogP contribution in [-0.2, 0) is 16.0 Å². The maximum Gasteiger partial charge on any atom is 0.270 e. The summed E-state index contributed by atoms with van der Waals surface area (Å²) in [6.07, 6.45) is 5.10. The summed E-state index contributed by atoms with van der Waals surface area (Å²) in [4.78, 5) is 27.7. The van der Waals surface area contributed by atoms with Gasteiger partial charge in [-0.05, 0) is 111 Å². The Labute approximate surface area is 212 Å². The van der Waals surface area contributed by atoms with Crippen molar-refractivity contribution in [1.82, 2.24) is 9.88 Å². The summed E-state index contributed by atoms with van der Waals surface area (Å²) >= 11 is 5.36. The summed E-state index contributed by atoms with van der Waals surface area (Å²) in [5, 5.41) is 2.78. The topological polar surface area (TPSA) is 54.3 Å². The van der Waals surface area contributed by atoms with Crippen LogP contribution in [0.5, 0.6) is 0 Å². The Bertz CT molecular complexity index is 1330. The average Bonchev–Trinajstić information content (AvgIpc) is 3.07. The smallest absolute Gasteiger partial charge is 0.270 e. The predicted molar refractivity (Wildman–Crippen MR) is 146 cm³/mol. The summed E-state index contributed by atoms with van der Waals surface area (Å²) in [6.45, 7) is 10.2. The Morgan fingerprint density at radius 2 is 1.57 bits per heavy atom. The van der Waals surface area contributed by atoms with Gasteiger partial charge in [-0.3, -0.25) is 19.8 Å². The third-order valence-electron chi connectivity index (χ3n) is 6.35. The minimum Gasteiger partial charge on any atom is -0.318 e. The molecule has 0 saturated carbocycles. The normalized spacial score (nSPS) is 15.2. The van der Waals surface area contributed by atoms with E-state index in [4.69, 9.17) is 12.2 Å². The second-order valence-corrected chi connectivity index (χ2v) is 9.62. The molecule has 1 N–H and O–H groups in total. The van der Waals surface area contributed by atoms with Crippen LogP contribution in [-0.4, -0.2) is 21.5 Å².